The number of benzene rings is 1. The average molecular weight is 265 g/mol. The van der Waals surface area contributed by atoms with Crippen LogP contribution >= 0.6 is 23.4 Å². The Morgan fingerprint density at radius 2 is 2.12 bits per heavy atom. The predicted octanol–water partition coefficient (Wildman–Crippen LogP) is 3.92. The number of fused-ring (bicyclic) bond motifs is 1. The maximum Gasteiger partial charge on any atom is 0.0692 e. The van der Waals surface area contributed by atoms with Crippen LogP contribution in [0, 0.1) is 0 Å². The number of thioether (sulfide) groups is 1. The first-order chi connectivity index (χ1) is 8.33. The lowest BCUT2D eigenvalue weighted by Crippen LogP contribution is -2.22. The first kappa shape index (κ1) is 11.1. The van der Waals surface area contributed by atoms with Crippen molar-refractivity contribution in [3.63, 3.8) is 0 Å². The summed E-state index contributed by atoms with van der Waals surface area (Å²) in [6.07, 6.45) is 5.16. The maximum absolute atomic E-state index is 6.08. The van der Waals surface area contributed by atoms with Gasteiger partial charge in [-0.05, 0) is 42.3 Å². The molecule has 1 atom stereocenters. The van der Waals surface area contributed by atoms with Crippen molar-refractivity contribution in [2.75, 3.05) is 11.2 Å². The summed E-state index contributed by atoms with van der Waals surface area (Å²) in [6, 6.07) is 10.5. The average Bonchev–Trinajstić information content (AvgIpc) is 2.83. The fraction of sp³-hybridized carbons (Fsp3) is 0.231. The summed E-state index contributed by atoms with van der Waals surface area (Å²) in [6.45, 7) is 0. The second-order valence-electron chi connectivity index (χ2n) is 4.09. The standard InChI is InChI=1S/C13H13ClN2S/c14-10-3-4-13-11(9-10)12(5-8-17-13)15-16-6-1-2-7-16/h1-4,6-7,9,12,15H,5,8H2. The SMILES string of the molecule is Clc1ccc2c(c1)C(Nn1cccc1)CCS2. The fourth-order valence-electron chi connectivity index (χ4n) is 2.10. The molecule has 4 heteroatoms. The monoisotopic (exact) mass is 264 g/mol. The smallest absolute Gasteiger partial charge is 0.0692 e. The topological polar surface area (TPSA) is 17.0 Å². The zero-order valence-electron chi connectivity index (χ0n) is 9.27. The normalized spacial score (nSPS) is 18.8. The van der Waals surface area contributed by atoms with E-state index in [1.54, 1.807) is 0 Å². The largest absolute Gasteiger partial charge is 0.319 e. The summed E-state index contributed by atoms with van der Waals surface area (Å²) >= 11 is 7.99. The number of nitrogens with zero attached hydrogens (tertiary/aromatic N) is 1. The molecule has 0 radical (unpaired) electrons. The number of nitrogens with one attached hydrogen (secondary N) is 1. The van der Waals surface area contributed by atoms with Gasteiger partial charge in [0.1, 0.15) is 0 Å². The van der Waals surface area contributed by atoms with Gasteiger partial charge in [0.25, 0.3) is 0 Å². The minimum atomic E-state index is 0.345. The molecule has 1 aliphatic rings. The van der Waals surface area contributed by atoms with Gasteiger partial charge in [0.05, 0.1) is 6.04 Å². The summed E-state index contributed by atoms with van der Waals surface area (Å²) in [5.74, 6) is 1.15. The Kier molecular flexibility index (Phi) is 3.04. The highest BCUT2D eigenvalue weighted by atomic mass is 35.5. The molecule has 0 fully saturated rings. The van der Waals surface area contributed by atoms with Gasteiger partial charge in [-0.2, -0.15) is 0 Å². The van der Waals surface area contributed by atoms with E-state index in [4.69, 9.17) is 11.6 Å². The summed E-state index contributed by atoms with van der Waals surface area (Å²) in [5.41, 5.74) is 4.80. The lowest BCUT2D eigenvalue weighted by Gasteiger charge is -2.27. The second kappa shape index (κ2) is 4.67. The first-order valence-corrected chi connectivity index (χ1v) is 7.01. The molecule has 0 saturated carbocycles. The molecular formula is C13H13ClN2S. The van der Waals surface area contributed by atoms with E-state index >= 15 is 0 Å². The van der Waals surface area contributed by atoms with Crippen molar-refractivity contribution in [2.24, 2.45) is 0 Å². The molecule has 1 aliphatic heterocycles. The lowest BCUT2D eigenvalue weighted by molar-refractivity contribution is 0.640. The van der Waals surface area contributed by atoms with Gasteiger partial charge in [-0.25, -0.2) is 0 Å². The molecule has 1 N–H and O–H groups in total. The first-order valence-electron chi connectivity index (χ1n) is 5.65. The summed E-state index contributed by atoms with van der Waals surface area (Å²) in [5, 5.41) is 0.811. The van der Waals surface area contributed by atoms with Crippen LogP contribution in [-0.4, -0.2) is 10.4 Å². The van der Waals surface area contributed by atoms with Crippen LogP contribution in [0.25, 0.3) is 0 Å². The van der Waals surface area contributed by atoms with Gasteiger partial charge in [-0.3, -0.25) is 4.68 Å². The Balaban J connectivity index is 1.90. The Labute approximate surface area is 110 Å². The van der Waals surface area contributed by atoms with Gasteiger partial charge < -0.3 is 5.43 Å². The van der Waals surface area contributed by atoms with Crippen molar-refractivity contribution in [3.8, 4) is 0 Å². The third-order valence-corrected chi connectivity index (χ3v) is 4.28. The number of aromatic nitrogens is 1. The van der Waals surface area contributed by atoms with Gasteiger partial charge in [0, 0.05) is 28.1 Å². The van der Waals surface area contributed by atoms with E-state index in [0.29, 0.717) is 6.04 Å². The molecule has 2 heterocycles. The molecular weight excluding hydrogens is 252 g/mol. The molecule has 0 aliphatic carbocycles. The number of rotatable bonds is 2. The third kappa shape index (κ3) is 2.31. The fourth-order valence-corrected chi connectivity index (χ4v) is 3.39. The molecule has 0 bridgehead atoms. The summed E-state index contributed by atoms with van der Waals surface area (Å²) < 4.78 is 2.01. The van der Waals surface area contributed by atoms with Gasteiger partial charge in [-0.1, -0.05) is 11.6 Å². The number of hydrogen-bond acceptors (Lipinski definition) is 2. The van der Waals surface area contributed by atoms with Gasteiger partial charge in [-0.15, -0.1) is 11.8 Å². The van der Waals surface area contributed by atoms with Crippen LogP contribution < -0.4 is 5.43 Å². The van der Waals surface area contributed by atoms with Crippen molar-refractivity contribution in [2.45, 2.75) is 17.4 Å². The second-order valence-corrected chi connectivity index (χ2v) is 5.66. The van der Waals surface area contributed by atoms with Gasteiger partial charge in [0.2, 0.25) is 0 Å². The van der Waals surface area contributed by atoms with Crippen LogP contribution in [0.2, 0.25) is 5.02 Å². The minimum absolute atomic E-state index is 0.345. The predicted molar refractivity (Wildman–Crippen MR) is 73.3 cm³/mol. The molecule has 2 aromatic rings. The van der Waals surface area contributed by atoms with E-state index in [1.165, 1.54) is 10.5 Å². The van der Waals surface area contributed by atoms with E-state index in [9.17, 15) is 0 Å². The van der Waals surface area contributed by atoms with Crippen molar-refractivity contribution in [3.05, 3.63) is 53.3 Å². The van der Waals surface area contributed by atoms with Crippen LogP contribution in [0.3, 0.4) is 0 Å². The maximum atomic E-state index is 6.08. The third-order valence-electron chi connectivity index (χ3n) is 2.92. The van der Waals surface area contributed by atoms with Crippen LogP contribution in [-0.2, 0) is 0 Å². The molecule has 1 aromatic carbocycles. The van der Waals surface area contributed by atoms with E-state index in [2.05, 4.69) is 17.6 Å². The van der Waals surface area contributed by atoms with E-state index in [0.717, 1.165) is 17.2 Å². The Bertz CT molecular complexity index is 510. The molecule has 0 spiro atoms. The van der Waals surface area contributed by atoms with Crippen molar-refractivity contribution in [1.82, 2.24) is 4.68 Å². The van der Waals surface area contributed by atoms with Crippen molar-refractivity contribution in [1.29, 1.82) is 0 Å². The summed E-state index contributed by atoms with van der Waals surface area (Å²) in [4.78, 5) is 1.34. The molecule has 1 aromatic heterocycles. The lowest BCUT2D eigenvalue weighted by atomic mass is 10.0. The van der Waals surface area contributed by atoms with Crippen LogP contribution in [0.5, 0.6) is 0 Å². The van der Waals surface area contributed by atoms with Gasteiger partial charge >= 0.3 is 0 Å². The molecule has 17 heavy (non-hydrogen) atoms. The summed E-state index contributed by atoms with van der Waals surface area (Å²) in [7, 11) is 0. The van der Waals surface area contributed by atoms with Crippen molar-refractivity contribution >= 4 is 23.4 Å². The number of hydrogen-bond donors (Lipinski definition) is 1. The van der Waals surface area contributed by atoms with Crippen LogP contribution in [0.1, 0.15) is 18.0 Å². The number of halogens is 1. The van der Waals surface area contributed by atoms with Gasteiger partial charge in [0.15, 0.2) is 0 Å². The highest BCUT2D eigenvalue weighted by molar-refractivity contribution is 7.99. The molecule has 2 nitrogen and oxygen atoms in total. The molecule has 1 unspecified atom stereocenters. The Morgan fingerprint density at radius 1 is 1.29 bits per heavy atom. The quantitative estimate of drug-likeness (QED) is 0.885. The minimum Gasteiger partial charge on any atom is -0.319 e. The zero-order chi connectivity index (χ0) is 11.7. The highest BCUT2D eigenvalue weighted by Gasteiger charge is 2.20. The molecule has 88 valence electrons. The molecule has 0 amide bonds. The van der Waals surface area contributed by atoms with Crippen molar-refractivity contribution < 1.29 is 0 Å². The van der Waals surface area contributed by atoms with E-state index < -0.39 is 0 Å². The van der Waals surface area contributed by atoms with Crippen LogP contribution in [0.15, 0.2) is 47.6 Å². The van der Waals surface area contributed by atoms with E-state index in [1.807, 2.05) is 47.0 Å². The van der Waals surface area contributed by atoms with Crippen LogP contribution in [0.4, 0.5) is 0 Å². The molecule has 3 rings (SSSR count). The Morgan fingerprint density at radius 3 is 2.94 bits per heavy atom. The molecule has 0 saturated heterocycles. The zero-order valence-corrected chi connectivity index (χ0v) is 10.8. The van der Waals surface area contributed by atoms with E-state index in [-0.39, 0.29) is 0 Å². The highest BCUT2D eigenvalue weighted by Crippen LogP contribution is 2.37. The Hall–Kier alpha value is -1.06.